The lowest BCUT2D eigenvalue weighted by molar-refractivity contribution is -0.124. The molecule has 1 aromatic rings. The molecule has 1 N–H and O–H groups in total. The highest BCUT2D eigenvalue weighted by Crippen LogP contribution is 2.64. The molecule has 1 amide bonds. The summed E-state index contributed by atoms with van der Waals surface area (Å²) >= 11 is 1.78. The Morgan fingerprint density at radius 2 is 1.95 bits per heavy atom. The van der Waals surface area contributed by atoms with Crippen LogP contribution >= 0.6 is 11.8 Å². The predicted octanol–water partition coefficient (Wildman–Crippen LogP) is 3.36. The lowest BCUT2D eigenvalue weighted by Crippen LogP contribution is -2.38. The number of hydrogen-bond donors (Lipinski definition) is 1. The van der Waals surface area contributed by atoms with E-state index >= 15 is 0 Å². The number of benzene rings is 1. The summed E-state index contributed by atoms with van der Waals surface area (Å²) in [7, 11) is 0. The smallest absolute Gasteiger partial charge is 0.231 e. The van der Waals surface area contributed by atoms with Gasteiger partial charge in [0, 0.05) is 6.54 Å². The number of rotatable bonds is 6. The minimum Gasteiger partial charge on any atom is -0.355 e. The van der Waals surface area contributed by atoms with Gasteiger partial charge in [-0.3, -0.25) is 4.79 Å². The monoisotopic (exact) mass is 295 g/mol. The van der Waals surface area contributed by atoms with Crippen LogP contribution in [0.3, 0.4) is 0 Å². The van der Waals surface area contributed by atoms with E-state index in [0.717, 1.165) is 24.2 Å². The van der Waals surface area contributed by atoms with Gasteiger partial charge in [0.25, 0.3) is 0 Å². The van der Waals surface area contributed by atoms with E-state index in [4.69, 9.17) is 0 Å². The van der Waals surface area contributed by atoms with E-state index in [1.54, 1.807) is 23.9 Å². The van der Waals surface area contributed by atoms with E-state index in [1.807, 2.05) is 0 Å². The Kier molecular flexibility index (Phi) is 4.43. The molecule has 0 aromatic heterocycles. The van der Waals surface area contributed by atoms with E-state index in [1.165, 1.54) is 12.1 Å². The molecule has 1 saturated carbocycles. The van der Waals surface area contributed by atoms with Crippen molar-refractivity contribution in [1.82, 2.24) is 5.32 Å². The Morgan fingerprint density at radius 3 is 2.45 bits per heavy atom. The first-order chi connectivity index (χ1) is 9.44. The van der Waals surface area contributed by atoms with Crippen LogP contribution in [0.25, 0.3) is 0 Å². The molecule has 4 heteroatoms. The van der Waals surface area contributed by atoms with Gasteiger partial charge >= 0.3 is 0 Å². The van der Waals surface area contributed by atoms with Crippen molar-refractivity contribution in [2.24, 2.45) is 5.41 Å². The molecule has 1 aliphatic rings. The van der Waals surface area contributed by atoms with Crippen molar-refractivity contribution in [1.29, 1.82) is 0 Å². The molecule has 1 atom stereocenters. The first-order valence-electron chi connectivity index (χ1n) is 6.97. The third-order valence-electron chi connectivity index (χ3n) is 4.27. The van der Waals surface area contributed by atoms with Crippen LogP contribution in [0.5, 0.6) is 0 Å². The molecular weight excluding hydrogens is 273 g/mol. The standard InChI is InChI=1S/C16H22FNOS/c1-15(2)11-16(15,12-5-7-13(17)8-6-12)14(19)18-9-4-10-20-3/h5-8H,4,9-11H2,1-3H3,(H,18,19)/t16-/m1/s1. The Bertz CT molecular complexity index is 486. The highest BCUT2D eigenvalue weighted by Gasteiger charge is 2.66. The predicted molar refractivity (Wildman–Crippen MR) is 82.5 cm³/mol. The molecule has 0 heterocycles. The van der Waals surface area contributed by atoms with Crippen LogP contribution < -0.4 is 5.32 Å². The fourth-order valence-corrected chi connectivity index (χ4v) is 3.37. The molecule has 0 unspecified atom stereocenters. The molecule has 0 spiro atoms. The van der Waals surface area contributed by atoms with Crippen molar-refractivity contribution in [3.63, 3.8) is 0 Å². The first-order valence-corrected chi connectivity index (χ1v) is 8.37. The average molecular weight is 295 g/mol. The summed E-state index contributed by atoms with van der Waals surface area (Å²) in [6, 6.07) is 6.36. The number of carbonyl (C=O) groups excluding carboxylic acids is 1. The Labute approximate surface area is 124 Å². The van der Waals surface area contributed by atoms with E-state index < -0.39 is 5.41 Å². The fourth-order valence-electron chi connectivity index (χ4n) is 2.93. The topological polar surface area (TPSA) is 29.1 Å². The highest BCUT2D eigenvalue weighted by atomic mass is 32.2. The zero-order valence-corrected chi connectivity index (χ0v) is 13.1. The molecule has 1 fully saturated rings. The van der Waals surface area contributed by atoms with Gasteiger partial charge < -0.3 is 5.32 Å². The van der Waals surface area contributed by atoms with Gasteiger partial charge in [-0.1, -0.05) is 26.0 Å². The molecular formula is C16H22FNOS. The van der Waals surface area contributed by atoms with Gasteiger partial charge in [0.1, 0.15) is 5.82 Å². The average Bonchev–Trinajstić information content (AvgIpc) is 3.00. The molecule has 0 aliphatic heterocycles. The van der Waals surface area contributed by atoms with E-state index in [9.17, 15) is 9.18 Å². The van der Waals surface area contributed by atoms with E-state index in [0.29, 0.717) is 6.54 Å². The summed E-state index contributed by atoms with van der Waals surface area (Å²) in [6.07, 6.45) is 3.86. The lowest BCUT2D eigenvalue weighted by atomic mass is 9.87. The zero-order chi connectivity index (χ0) is 14.8. The summed E-state index contributed by atoms with van der Waals surface area (Å²) in [5.74, 6) is 0.866. The van der Waals surface area contributed by atoms with Gasteiger partial charge in [-0.05, 0) is 48.0 Å². The van der Waals surface area contributed by atoms with Gasteiger partial charge in [-0.2, -0.15) is 11.8 Å². The van der Waals surface area contributed by atoms with Crippen LogP contribution in [0.15, 0.2) is 24.3 Å². The minimum atomic E-state index is -0.486. The lowest BCUT2D eigenvalue weighted by Gasteiger charge is -2.20. The number of nitrogens with one attached hydrogen (secondary N) is 1. The van der Waals surface area contributed by atoms with Crippen LogP contribution in [-0.2, 0) is 10.2 Å². The van der Waals surface area contributed by atoms with Gasteiger partial charge in [0.2, 0.25) is 5.91 Å². The molecule has 20 heavy (non-hydrogen) atoms. The number of hydrogen-bond acceptors (Lipinski definition) is 2. The molecule has 1 aliphatic carbocycles. The number of thioether (sulfide) groups is 1. The van der Waals surface area contributed by atoms with Crippen molar-refractivity contribution in [3.05, 3.63) is 35.6 Å². The normalized spacial score (nSPS) is 23.4. The second kappa shape index (κ2) is 5.76. The molecule has 2 nitrogen and oxygen atoms in total. The van der Waals surface area contributed by atoms with Crippen molar-refractivity contribution in [2.75, 3.05) is 18.6 Å². The van der Waals surface area contributed by atoms with E-state index in [2.05, 4.69) is 25.4 Å². The van der Waals surface area contributed by atoms with Crippen molar-refractivity contribution in [2.45, 2.75) is 32.1 Å². The SMILES string of the molecule is CSCCCNC(=O)[C@]1(c2ccc(F)cc2)CC1(C)C. The van der Waals surface area contributed by atoms with Crippen LogP contribution in [0.4, 0.5) is 4.39 Å². The summed E-state index contributed by atoms with van der Waals surface area (Å²) in [5, 5.41) is 3.04. The van der Waals surface area contributed by atoms with Gasteiger partial charge in [-0.15, -0.1) is 0 Å². The minimum absolute atomic E-state index is 0.0611. The van der Waals surface area contributed by atoms with Crippen molar-refractivity contribution in [3.8, 4) is 0 Å². The van der Waals surface area contributed by atoms with Crippen LogP contribution in [0, 0.1) is 11.2 Å². The van der Waals surface area contributed by atoms with Crippen LogP contribution in [-0.4, -0.2) is 24.5 Å². The maximum atomic E-state index is 13.1. The Morgan fingerprint density at radius 1 is 1.35 bits per heavy atom. The molecule has 0 bridgehead atoms. The summed E-state index contributed by atoms with van der Waals surface area (Å²) in [5.41, 5.74) is 0.375. The number of amides is 1. The summed E-state index contributed by atoms with van der Waals surface area (Å²) < 4.78 is 13.1. The molecule has 110 valence electrons. The third-order valence-corrected chi connectivity index (χ3v) is 4.97. The maximum absolute atomic E-state index is 13.1. The summed E-state index contributed by atoms with van der Waals surface area (Å²) in [4.78, 5) is 12.6. The quantitative estimate of drug-likeness (QED) is 0.815. The number of halogens is 1. The third kappa shape index (κ3) is 2.71. The molecule has 0 radical (unpaired) electrons. The zero-order valence-electron chi connectivity index (χ0n) is 12.3. The second-order valence-corrected chi connectivity index (χ2v) is 7.06. The Balaban J connectivity index is 2.11. The molecule has 2 rings (SSSR count). The first kappa shape index (κ1) is 15.4. The van der Waals surface area contributed by atoms with E-state index in [-0.39, 0.29) is 17.1 Å². The molecule has 0 saturated heterocycles. The van der Waals surface area contributed by atoms with Crippen LogP contribution in [0.1, 0.15) is 32.3 Å². The molecule has 1 aromatic carbocycles. The Hall–Kier alpha value is -1.03. The highest BCUT2D eigenvalue weighted by molar-refractivity contribution is 7.98. The van der Waals surface area contributed by atoms with Gasteiger partial charge in [0.05, 0.1) is 5.41 Å². The summed E-state index contributed by atoms with van der Waals surface area (Å²) in [6.45, 7) is 4.90. The number of carbonyl (C=O) groups is 1. The van der Waals surface area contributed by atoms with Crippen molar-refractivity contribution < 1.29 is 9.18 Å². The largest absolute Gasteiger partial charge is 0.355 e. The fraction of sp³-hybridized carbons (Fsp3) is 0.562. The van der Waals surface area contributed by atoms with Gasteiger partial charge in [0.15, 0.2) is 0 Å². The van der Waals surface area contributed by atoms with Crippen molar-refractivity contribution >= 4 is 17.7 Å². The van der Waals surface area contributed by atoms with Gasteiger partial charge in [-0.25, -0.2) is 4.39 Å². The maximum Gasteiger partial charge on any atom is 0.231 e. The second-order valence-electron chi connectivity index (χ2n) is 6.08. The van der Waals surface area contributed by atoms with Crippen LogP contribution in [0.2, 0.25) is 0 Å².